The molecule has 8 heteroatoms. The molecule has 0 bridgehead atoms. The summed E-state index contributed by atoms with van der Waals surface area (Å²) in [6.45, 7) is -0.243. The van der Waals surface area contributed by atoms with Crippen molar-refractivity contribution in [1.29, 1.82) is 0 Å². The quantitative estimate of drug-likeness (QED) is 0.419. The molecule has 0 unspecified atom stereocenters. The molecule has 3 heterocycles. The molecule has 6 nitrogen and oxygen atoms in total. The topological polar surface area (TPSA) is 85.3 Å². The molecule has 2 aliphatic rings. The molecule has 1 aromatic carbocycles. The minimum Gasteiger partial charge on any atom is -0.477 e. The second-order valence-electron chi connectivity index (χ2n) is 8.61. The molecule has 6 rings (SSSR count). The Morgan fingerprint density at radius 1 is 1.21 bits per heavy atom. The lowest BCUT2D eigenvalue weighted by molar-refractivity contribution is -0.113. The first-order chi connectivity index (χ1) is 16.4. The summed E-state index contributed by atoms with van der Waals surface area (Å²) < 4.78 is 36.7. The molecule has 3 aromatic heterocycles. The number of fused-ring (bicyclic) bond motifs is 3. The molecule has 2 aliphatic carbocycles. The molecule has 4 aromatic rings. The second-order valence-corrected chi connectivity index (χ2v) is 8.61. The van der Waals surface area contributed by atoms with Crippen LogP contribution in [0.5, 0.6) is 0 Å². The van der Waals surface area contributed by atoms with Gasteiger partial charge in [0.2, 0.25) is 0 Å². The average molecular weight is 460 g/mol. The fourth-order valence-electron chi connectivity index (χ4n) is 4.69. The molecule has 0 atom stereocenters. The maximum Gasteiger partial charge on any atom is 0.353 e. The van der Waals surface area contributed by atoms with E-state index in [1.54, 1.807) is 24.3 Å². The predicted octanol–water partition coefficient (Wildman–Crippen LogP) is 5.60. The van der Waals surface area contributed by atoms with Crippen molar-refractivity contribution in [3.8, 4) is 0 Å². The third-order valence-corrected chi connectivity index (χ3v) is 6.43. The zero-order valence-electron chi connectivity index (χ0n) is 17.8. The van der Waals surface area contributed by atoms with Gasteiger partial charge in [-0.25, -0.2) is 13.6 Å². The Labute approximate surface area is 191 Å². The van der Waals surface area contributed by atoms with Crippen LogP contribution < -0.4 is 0 Å². The van der Waals surface area contributed by atoms with E-state index in [1.165, 1.54) is 29.0 Å². The normalized spacial score (nSPS) is 15.9. The number of Topliss-reactive ketones (excluding diaryl/α,β-unsaturated/α-hetero) is 1. The lowest BCUT2D eigenvalue weighted by Crippen LogP contribution is -2.15. The molecule has 0 radical (unpaired) electrons. The monoisotopic (exact) mass is 460 g/mol. The van der Waals surface area contributed by atoms with Gasteiger partial charge in [0.1, 0.15) is 22.9 Å². The molecule has 0 aliphatic heterocycles. The number of benzene rings is 1. The lowest BCUT2D eigenvalue weighted by atomic mass is 9.93. The number of aromatic carboxylic acids is 1. The molecule has 1 N–H and O–H groups in total. The van der Waals surface area contributed by atoms with Crippen molar-refractivity contribution in [2.45, 2.75) is 31.7 Å². The van der Waals surface area contributed by atoms with Crippen molar-refractivity contribution >= 4 is 39.2 Å². The Hall–Kier alpha value is -4.07. The van der Waals surface area contributed by atoms with Crippen LogP contribution in [0.3, 0.4) is 0 Å². The van der Waals surface area contributed by atoms with E-state index < -0.39 is 17.6 Å². The standard InChI is InChI=1S/C26H18F2N2O4/c27-16-7-8-18(13-5-6-13)29-19(16)12-30-20-11-17(28)14-9-10-34-25(14)23(20)22(24(30)26(32)33)15-3-1-2-4-21(15)31/h1-3,7-11,13H,4-6,12H2,(H,32,33). The van der Waals surface area contributed by atoms with Gasteiger partial charge in [0.15, 0.2) is 5.78 Å². The van der Waals surface area contributed by atoms with Crippen molar-refractivity contribution in [3.63, 3.8) is 0 Å². The summed E-state index contributed by atoms with van der Waals surface area (Å²) >= 11 is 0. The van der Waals surface area contributed by atoms with Gasteiger partial charge in [-0.1, -0.05) is 18.2 Å². The van der Waals surface area contributed by atoms with Crippen LogP contribution in [-0.2, 0) is 11.3 Å². The second kappa shape index (κ2) is 7.48. The molecule has 0 saturated heterocycles. The van der Waals surface area contributed by atoms with E-state index in [-0.39, 0.29) is 63.7 Å². The Balaban J connectivity index is 1.68. The van der Waals surface area contributed by atoms with Crippen molar-refractivity contribution in [1.82, 2.24) is 9.55 Å². The Morgan fingerprint density at radius 3 is 2.76 bits per heavy atom. The number of aromatic nitrogens is 2. The number of carboxylic acids is 1. The number of pyridine rings is 1. The summed E-state index contributed by atoms with van der Waals surface area (Å²) in [6, 6.07) is 5.61. The van der Waals surface area contributed by atoms with E-state index in [4.69, 9.17) is 4.42 Å². The molecule has 0 spiro atoms. The van der Waals surface area contributed by atoms with E-state index in [1.807, 2.05) is 0 Å². The van der Waals surface area contributed by atoms with Gasteiger partial charge < -0.3 is 14.1 Å². The maximum atomic E-state index is 15.0. The van der Waals surface area contributed by atoms with Crippen LogP contribution in [0.4, 0.5) is 8.78 Å². The van der Waals surface area contributed by atoms with Crippen molar-refractivity contribution in [3.05, 3.63) is 83.0 Å². The first-order valence-corrected chi connectivity index (χ1v) is 10.9. The highest BCUT2D eigenvalue weighted by atomic mass is 19.1. The first-order valence-electron chi connectivity index (χ1n) is 10.9. The van der Waals surface area contributed by atoms with E-state index in [0.29, 0.717) is 5.39 Å². The molecule has 1 saturated carbocycles. The van der Waals surface area contributed by atoms with Gasteiger partial charge in [-0.15, -0.1) is 0 Å². The van der Waals surface area contributed by atoms with Crippen molar-refractivity contribution < 1.29 is 27.9 Å². The zero-order valence-corrected chi connectivity index (χ0v) is 17.8. The summed E-state index contributed by atoms with van der Waals surface area (Å²) in [6.07, 6.45) is 8.26. The van der Waals surface area contributed by atoms with Gasteiger partial charge in [-0.3, -0.25) is 9.78 Å². The largest absolute Gasteiger partial charge is 0.477 e. The number of carboxylic acid groups (broad SMARTS) is 1. The van der Waals surface area contributed by atoms with Gasteiger partial charge in [0.05, 0.1) is 34.8 Å². The fourth-order valence-corrected chi connectivity index (χ4v) is 4.69. The summed E-state index contributed by atoms with van der Waals surface area (Å²) in [5.41, 5.74) is 1.21. The van der Waals surface area contributed by atoms with Crippen molar-refractivity contribution in [2.24, 2.45) is 0 Å². The van der Waals surface area contributed by atoms with Crippen LogP contribution in [0.25, 0.3) is 27.4 Å². The van der Waals surface area contributed by atoms with E-state index in [9.17, 15) is 23.5 Å². The van der Waals surface area contributed by atoms with Gasteiger partial charge in [0, 0.05) is 29.2 Å². The number of carbonyl (C=O) groups excluding carboxylic acids is 1. The maximum absolute atomic E-state index is 15.0. The Kier molecular flexibility index (Phi) is 4.52. The summed E-state index contributed by atoms with van der Waals surface area (Å²) in [5, 5.41) is 10.7. The number of allylic oxidation sites excluding steroid dienone is 4. The first kappa shape index (κ1) is 20.5. The van der Waals surface area contributed by atoms with Crippen LogP contribution in [0.1, 0.15) is 52.6 Å². The highest BCUT2D eigenvalue weighted by Gasteiger charge is 2.32. The van der Waals surface area contributed by atoms with Crippen LogP contribution in [0, 0.1) is 11.6 Å². The number of furan rings is 1. The minimum absolute atomic E-state index is 0.0548. The third-order valence-electron chi connectivity index (χ3n) is 6.43. The van der Waals surface area contributed by atoms with Crippen LogP contribution in [0.15, 0.2) is 53.2 Å². The van der Waals surface area contributed by atoms with Crippen LogP contribution in [-0.4, -0.2) is 26.4 Å². The van der Waals surface area contributed by atoms with Gasteiger partial charge >= 0.3 is 5.97 Å². The molecular weight excluding hydrogens is 442 g/mol. The lowest BCUT2D eigenvalue weighted by Gasteiger charge is -2.12. The number of ketones is 1. The minimum atomic E-state index is -1.33. The molecule has 0 amide bonds. The predicted molar refractivity (Wildman–Crippen MR) is 121 cm³/mol. The average Bonchev–Trinajstić information content (AvgIpc) is 3.45. The van der Waals surface area contributed by atoms with Gasteiger partial charge in [-0.05, 0) is 37.1 Å². The summed E-state index contributed by atoms with van der Waals surface area (Å²) in [5.74, 6) is -2.52. The number of hydrogen-bond acceptors (Lipinski definition) is 4. The highest BCUT2D eigenvalue weighted by Crippen LogP contribution is 2.41. The molecule has 170 valence electrons. The fraction of sp³-hybridized carbons (Fsp3) is 0.192. The smallest absolute Gasteiger partial charge is 0.353 e. The van der Waals surface area contributed by atoms with Crippen LogP contribution in [0.2, 0.25) is 0 Å². The summed E-state index contributed by atoms with van der Waals surface area (Å²) in [7, 11) is 0. The molecule has 34 heavy (non-hydrogen) atoms. The number of halogens is 2. The number of rotatable bonds is 5. The van der Waals surface area contributed by atoms with Gasteiger partial charge in [-0.2, -0.15) is 0 Å². The highest BCUT2D eigenvalue weighted by molar-refractivity contribution is 6.29. The third kappa shape index (κ3) is 3.09. The van der Waals surface area contributed by atoms with Gasteiger partial charge in [0.25, 0.3) is 0 Å². The van der Waals surface area contributed by atoms with Crippen molar-refractivity contribution in [2.75, 3.05) is 0 Å². The zero-order chi connectivity index (χ0) is 23.6. The molecular formula is C26H18F2N2O4. The number of carbonyl (C=O) groups is 2. The summed E-state index contributed by atoms with van der Waals surface area (Å²) in [4.78, 5) is 29.8. The van der Waals surface area contributed by atoms with Crippen LogP contribution >= 0.6 is 0 Å². The Bertz CT molecular complexity index is 1590. The van der Waals surface area contributed by atoms with E-state index >= 15 is 0 Å². The SMILES string of the molecule is O=C1CC=CC=C1c1c(C(=O)O)n(Cc2nc(C3CC3)ccc2F)c2cc(F)c3ccoc3c12. The number of hydrogen-bond donors (Lipinski definition) is 1. The Morgan fingerprint density at radius 2 is 2.03 bits per heavy atom. The number of nitrogens with zero attached hydrogens (tertiary/aromatic N) is 2. The van der Waals surface area contributed by atoms with E-state index in [2.05, 4.69) is 4.98 Å². The molecule has 1 fully saturated rings. The van der Waals surface area contributed by atoms with E-state index in [0.717, 1.165) is 18.5 Å².